The van der Waals surface area contributed by atoms with E-state index in [0.717, 1.165) is 38.0 Å². The highest BCUT2D eigenvalue weighted by Gasteiger charge is 2.20. The molecule has 2 fully saturated rings. The van der Waals surface area contributed by atoms with Gasteiger partial charge in [0.25, 0.3) is 0 Å². The lowest BCUT2D eigenvalue weighted by molar-refractivity contribution is 0.0264. The standard InChI is InChI=1S/C23H46N4O/c1-4-24-23(26-21-13-16-27(17-14-21)19-20(2)3)25-15-9-6-10-18-28-22-11-7-5-8-12-22/h20-22H,4-19H2,1-3H3,(H2,24,25,26). The van der Waals surface area contributed by atoms with Gasteiger partial charge in [-0.25, -0.2) is 0 Å². The van der Waals surface area contributed by atoms with E-state index >= 15 is 0 Å². The third-order valence-corrected chi connectivity index (χ3v) is 5.87. The van der Waals surface area contributed by atoms with Crippen LogP contribution in [0.3, 0.4) is 0 Å². The summed E-state index contributed by atoms with van der Waals surface area (Å²) in [5.74, 6) is 1.76. The van der Waals surface area contributed by atoms with Crippen molar-refractivity contribution >= 4 is 5.96 Å². The Morgan fingerprint density at radius 2 is 1.79 bits per heavy atom. The zero-order chi connectivity index (χ0) is 20.0. The molecule has 5 nitrogen and oxygen atoms in total. The third-order valence-electron chi connectivity index (χ3n) is 5.87. The zero-order valence-corrected chi connectivity index (χ0v) is 18.8. The molecule has 0 atom stereocenters. The van der Waals surface area contributed by atoms with E-state index in [1.165, 1.54) is 77.4 Å². The quantitative estimate of drug-likeness (QED) is 0.313. The molecule has 0 aromatic rings. The Labute approximate surface area is 174 Å². The highest BCUT2D eigenvalue weighted by atomic mass is 16.5. The van der Waals surface area contributed by atoms with Crippen LogP contribution in [0.2, 0.25) is 0 Å². The van der Waals surface area contributed by atoms with E-state index in [9.17, 15) is 0 Å². The molecule has 1 saturated carbocycles. The SMILES string of the molecule is CCNC(=NCCCCCOC1CCCCC1)NC1CCN(CC(C)C)CC1. The van der Waals surface area contributed by atoms with E-state index in [-0.39, 0.29) is 0 Å². The van der Waals surface area contributed by atoms with Gasteiger partial charge < -0.3 is 20.3 Å². The van der Waals surface area contributed by atoms with Gasteiger partial charge in [-0.3, -0.25) is 4.99 Å². The van der Waals surface area contributed by atoms with Crippen LogP contribution in [-0.4, -0.2) is 62.3 Å². The van der Waals surface area contributed by atoms with Crippen molar-refractivity contribution in [3.05, 3.63) is 0 Å². The summed E-state index contributed by atoms with van der Waals surface area (Å²) < 4.78 is 6.02. The van der Waals surface area contributed by atoms with Crippen molar-refractivity contribution in [2.24, 2.45) is 10.9 Å². The highest BCUT2D eigenvalue weighted by Crippen LogP contribution is 2.20. The van der Waals surface area contributed by atoms with Gasteiger partial charge in [0.15, 0.2) is 5.96 Å². The Kier molecular flexibility index (Phi) is 11.9. The fourth-order valence-electron chi connectivity index (χ4n) is 4.35. The first-order valence-corrected chi connectivity index (χ1v) is 12.1. The van der Waals surface area contributed by atoms with Crippen molar-refractivity contribution in [3.8, 4) is 0 Å². The molecule has 28 heavy (non-hydrogen) atoms. The fourth-order valence-corrected chi connectivity index (χ4v) is 4.35. The molecule has 2 aliphatic rings. The molecule has 0 aromatic carbocycles. The monoisotopic (exact) mass is 394 g/mol. The van der Waals surface area contributed by atoms with Crippen LogP contribution in [0.1, 0.15) is 85.0 Å². The van der Waals surface area contributed by atoms with Crippen LogP contribution >= 0.6 is 0 Å². The summed E-state index contributed by atoms with van der Waals surface area (Å²) in [4.78, 5) is 7.40. The molecule has 0 unspecified atom stereocenters. The second-order valence-corrected chi connectivity index (χ2v) is 9.07. The number of rotatable bonds is 11. The number of unbranched alkanes of at least 4 members (excludes halogenated alkanes) is 2. The molecule has 1 saturated heterocycles. The average Bonchev–Trinajstić information content (AvgIpc) is 2.69. The number of nitrogens with one attached hydrogen (secondary N) is 2. The Morgan fingerprint density at radius 1 is 1.04 bits per heavy atom. The van der Waals surface area contributed by atoms with Crippen LogP contribution in [0, 0.1) is 5.92 Å². The number of aliphatic imine (C=N–C) groups is 1. The van der Waals surface area contributed by atoms with E-state index in [0.29, 0.717) is 12.1 Å². The van der Waals surface area contributed by atoms with Crippen molar-refractivity contribution in [2.45, 2.75) is 97.1 Å². The van der Waals surface area contributed by atoms with E-state index in [4.69, 9.17) is 9.73 Å². The molecule has 0 bridgehead atoms. The Balaban J connectivity index is 1.56. The smallest absolute Gasteiger partial charge is 0.191 e. The summed E-state index contributed by atoms with van der Waals surface area (Å²) in [5, 5.41) is 7.08. The minimum absolute atomic E-state index is 0.545. The normalized spacial score (nSPS) is 20.6. The minimum atomic E-state index is 0.545. The summed E-state index contributed by atoms with van der Waals surface area (Å²) in [7, 11) is 0. The third kappa shape index (κ3) is 10.1. The van der Waals surface area contributed by atoms with Gasteiger partial charge in [-0.1, -0.05) is 33.1 Å². The molecule has 5 heteroatoms. The van der Waals surface area contributed by atoms with E-state index in [1.54, 1.807) is 0 Å². The van der Waals surface area contributed by atoms with Crippen LogP contribution < -0.4 is 10.6 Å². The van der Waals surface area contributed by atoms with Crippen LogP contribution in [0.4, 0.5) is 0 Å². The number of hydrogen-bond acceptors (Lipinski definition) is 3. The van der Waals surface area contributed by atoms with Gasteiger partial charge in [0.1, 0.15) is 0 Å². The summed E-state index contributed by atoms with van der Waals surface area (Å²) in [6.45, 7) is 13.2. The summed E-state index contributed by atoms with van der Waals surface area (Å²) >= 11 is 0. The molecule has 1 aliphatic heterocycles. The molecule has 0 amide bonds. The van der Waals surface area contributed by atoms with Crippen molar-refractivity contribution in [3.63, 3.8) is 0 Å². The fraction of sp³-hybridized carbons (Fsp3) is 0.957. The number of guanidine groups is 1. The average molecular weight is 395 g/mol. The van der Waals surface area contributed by atoms with Crippen LogP contribution in [-0.2, 0) is 4.74 Å². The molecule has 1 aliphatic carbocycles. The Morgan fingerprint density at radius 3 is 2.46 bits per heavy atom. The van der Waals surface area contributed by atoms with E-state index in [2.05, 4.69) is 36.3 Å². The van der Waals surface area contributed by atoms with Gasteiger partial charge in [-0.15, -0.1) is 0 Å². The molecular weight excluding hydrogens is 348 g/mol. The van der Waals surface area contributed by atoms with Gasteiger partial charge in [-0.05, 0) is 57.8 Å². The first-order valence-electron chi connectivity index (χ1n) is 12.1. The van der Waals surface area contributed by atoms with Gasteiger partial charge in [0, 0.05) is 45.4 Å². The largest absolute Gasteiger partial charge is 0.378 e. The van der Waals surface area contributed by atoms with Gasteiger partial charge >= 0.3 is 0 Å². The molecule has 0 aromatic heterocycles. The second-order valence-electron chi connectivity index (χ2n) is 9.07. The molecule has 2 N–H and O–H groups in total. The molecule has 2 rings (SSSR count). The van der Waals surface area contributed by atoms with Gasteiger partial charge in [0.2, 0.25) is 0 Å². The van der Waals surface area contributed by atoms with Crippen LogP contribution in [0.5, 0.6) is 0 Å². The van der Waals surface area contributed by atoms with Crippen molar-refractivity contribution < 1.29 is 4.74 Å². The molecule has 0 radical (unpaired) electrons. The maximum absolute atomic E-state index is 6.02. The molecular formula is C23H46N4O. The topological polar surface area (TPSA) is 48.9 Å². The summed E-state index contributed by atoms with van der Waals surface area (Å²) in [6, 6.07) is 0.560. The van der Waals surface area contributed by atoms with E-state index in [1.807, 2.05) is 0 Å². The molecule has 0 spiro atoms. The summed E-state index contributed by atoms with van der Waals surface area (Å²) in [6.07, 6.45) is 13.2. The molecule has 164 valence electrons. The predicted octanol–water partition coefficient (Wildman–Crippen LogP) is 4.18. The lowest BCUT2D eigenvalue weighted by Gasteiger charge is -2.34. The first-order chi connectivity index (χ1) is 13.7. The van der Waals surface area contributed by atoms with Gasteiger partial charge in [0.05, 0.1) is 6.10 Å². The number of ether oxygens (including phenoxy) is 1. The number of likely N-dealkylation sites (tertiary alicyclic amines) is 1. The zero-order valence-electron chi connectivity index (χ0n) is 18.8. The van der Waals surface area contributed by atoms with Crippen molar-refractivity contribution in [1.29, 1.82) is 0 Å². The maximum Gasteiger partial charge on any atom is 0.191 e. The second kappa shape index (κ2) is 14.2. The van der Waals surface area contributed by atoms with E-state index < -0.39 is 0 Å². The predicted molar refractivity (Wildman–Crippen MR) is 120 cm³/mol. The Bertz CT molecular complexity index is 413. The summed E-state index contributed by atoms with van der Waals surface area (Å²) in [5.41, 5.74) is 0. The highest BCUT2D eigenvalue weighted by molar-refractivity contribution is 5.80. The maximum atomic E-state index is 6.02. The van der Waals surface area contributed by atoms with Gasteiger partial charge in [-0.2, -0.15) is 0 Å². The first kappa shape index (κ1) is 23.5. The van der Waals surface area contributed by atoms with Crippen molar-refractivity contribution in [2.75, 3.05) is 39.3 Å². The van der Waals surface area contributed by atoms with Crippen LogP contribution in [0.25, 0.3) is 0 Å². The lowest BCUT2D eigenvalue weighted by atomic mass is 9.98. The molecule has 1 heterocycles. The Hall–Kier alpha value is -0.810. The number of nitrogens with zero attached hydrogens (tertiary/aromatic N) is 2. The lowest BCUT2D eigenvalue weighted by Crippen LogP contribution is -2.49. The number of piperidine rings is 1. The van der Waals surface area contributed by atoms with Crippen LogP contribution in [0.15, 0.2) is 4.99 Å². The number of hydrogen-bond donors (Lipinski definition) is 2. The van der Waals surface area contributed by atoms with Crippen molar-refractivity contribution in [1.82, 2.24) is 15.5 Å². The minimum Gasteiger partial charge on any atom is -0.378 e.